The molecule has 25 heavy (non-hydrogen) atoms. The molecular weight excluding hydrogens is 333 g/mol. The van der Waals surface area contributed by atoms with E-state index in [0.29, 0.717) is 13.2 Å². The molecule has 134 valence electrons. The first kappa shape index (κ1) is 18.8. The molecule has 4 nitrogen and oxygen atoms in total. The summed E-state index contributed by atoms with van der Waals surface area (Å²) in [5.74, 6) is -4.07. The van der Waals surface area contributed by atoms with Crippen LogP contribution in [0.15, 0.2) is 36.4 Å². The van der Waals surface area contributed by atoms with Crippen molar-refractivity contribution in [2.24, 2.45) is 0 Å². The SMILES string of the molecule is Cc1cccc(OCC[NH+](C)CC(=O)Nc2ccc(F)c(F)c2F)c1. The molecule has 0 aromatic heterocycles. The third-order valence-electron chi connectivity index (χ3n) is 3.56. The molecule has 2 N–H and O–H groups in total. The molecule has 0 saturated heterocycles. The van der Waals surface area contributed by atoms with Gasteiger partial charge in [-0.1, -0.05) is 12.1 Å². The van der Waals surface area contributed by atoms with Gasteiger partial charge in [0.25, 0.3) is 5.91 Å². The number of anilines is 1. The zero-order valence-electron chi connectivity index (χ0n) is 14.0. The molecule has 2 aromatic rings. The summed E-state index contributed by atoms with van der Waals surface area (Å²) in [6.45, 7) is 2.95. The van der Waals surface area contributed by atoms with E-state index in [4.69, 9.17) is 4.74 Å². The number of carbonyl (C=O) groups is 1. The number of quaternary nitrogens is 1. The first-order valence-electron chi connectivity index (χ1n) is 7.81. The molecule has 0 radical (unpaired) electrons. The first-order valence-corrected chi connectivity index (χ1v) is 7.81. The van der Waals surface area contributed by atoms with Crippen LogP contribution >= 0.6 is 0 Å². The van der Waals surface area contributed by atoms with Crippen LogP contribution in [0.3, 0.4) is 0 Å². The van der Waals surface area contributed by atoms with Gasteiger partial charge in [-0.25, -0.2) is 13.2 Å². The summed E-state index contributed by atoms with van der Waals surface area (Å²) in [4.78, 5) is 12.7. The predicted octanol–water partition coefficient (Wildman–Crippen LogP) is 1.94. The standard InChI is InChI=1S/C18H19F3N2O2/c1-12-4-3-5-13(10-12)25-9-8-23(2)11-16(24)22-15-7-6-14(19)17(20)18(15)21/h3-7,10H,8-9,11H2,1-2H3,(H,22,24)/p+1. The minimum atomic E-state index is -1.61. The molecular formula is C18H20F3N2O2+. The van der Waals surface area contributed by atoms with Crippen molar-refractivity contribution in [1.82, 2.24) is 0 Å². The van der Waals surface area contributed by atoms with Crippen LogP contribution in [0.4, 0.5) is 18.9 Å². The largest absolute Gasteiger partial charge is 0.488 e. The van der Waals surface area contributed by atoms with Crippen molar-refractivity contribution >= 4 is 11.6 Å². The van der Waals surface area contributed by atoms with Crippen molar-refractivity contribution in [1.29, 1.82) is 0 Å². The Balaban J connectivity index is 1.79. The van der Waals surface area contributed by atoms with Crippen molar-refractivity contribution < 1.29 is 27.6 Å². The normalized spacial score (nSPS) is 11.9. The van der Waals surface area contributed by atoms with Crippen LogP contribution in [-0.2, 0) is 4.79 Å². The van der Waals surface area contributed by atoms with E-state index in [9.17, 15) is 18.0 Å². The number of benzene rings is 2. The molecule has 0 heterocycles. The summed E-state index contributed by atoms with van der Waals surface area (Å²) in [5.41, 5.74) is 0.707. The number of ether oxygens (including phenoxy) is 1. The molecule has 0 saturated carbocycles. The van der Waals surface area contributed by atoms with Gasteiger partial charge in [-0.15, -0.1) is 0 Å². The Morgan fingerprint density at radius 1 is 1.16 bits per heavy atom. The second-order valence-corrected chi connectivity index (χ2v) is 5.82. The number of halogens is 3. The second-order valence-electron chi connectivity index (χ2n) is 5.82. The lowest BCUT2D eigenvalue weighted by Gasteiger charge is -2.15. The van der Waals surface area contributed by atoms with Gasteiger partial charge in [-0.2, -0.15) is 0 Å². The highest BCUT2D eigenvalue weighted by Crippen LogP contribution is 2.19. The van der Waals surface area contributed by atoms with Gasteiger partial charge in [0.2, 0.25) is 0 Å². The quantitative estimate of drug-likeness (QED) is 0.747. The maximum Gasteiger partial charge on any atom is 0.279 e. The highest BCUT2D eigenvalue weighted by atomic mass is 19.2. The Bertz CT molecular complexity index is 753. The Labute approximate surface area is 144 Å². The fourth-order valence-electron chi connectivity index (χ4n) is 2.23. The van der Waals surface area contributed by atoms with Gasteiger partial charge in [0, 0.05) is 0 Å². The van der Waals surface area contributed by atoms with E-state index in [1.165, 1.54) is 0 Å². The van der Waals surface area contributed by atoms with E-state index in [2.05, 4.69) is 5.32 Å². The van der Waals surface area contributed by atoms with E-state index >= 15 is 0 Å². The lowest BCUT2D eigenvalue weighted by atomic mass is 10.2. The van der Waals surface area contributed by atoms with Gasteiger partial charge >= 0.3 is 0 Å². The highest BCUT2D eigenvalue weighted by Gasteiger charge is 2.17. The molecule has 1 unspecified atom stereocenters. The summed E-state index contributed by atoms with van der Waals surface area (Å²) >= 11 is 0. The number of nitrogens with one attached hydrogen (secondary N) is 2. The first-order chi connectivity index (χ1) is 11.9. The molecule has 0 aliphatic carbocycles. The Morgan fingerprint density at radius 2 is 1.92 bits per heavy atom. The van der Waals surface area contributed by atoms with Crippen LogP contribution in [0.5, 0.6) is 5.75 Å². The molecule has 0 aliphatic rings. The van der Waals surface area contributed by atoms with E-state index < -0.39 is 23.4 Å². The lowest BCUT2D eigenvalue weighted by Crippen LogP contribution is -3.10. The fraction of sp³-hybridized carbons (Fsp3) is 0.278. The molecule has 1 atom stereocenters. The zero-order valence-corrected chi connectivity index (χ0v) is 14.0. The van der Waals surface area contributed by atoms with Crippen LogP contribution in [0.2, 0.25) is 0 Å². The van der Waals surface area contributed by atoms with Crippen molar-refractivity contribution in [3.63, 3.8) is 0 Å². The zero-order chi connectivity index (χ0) is 18.4. The van der Waals surface area contributed by atoms with E-state index in [0.717, 1.165) is 28.3 Å². The Kier molecular flexibility index (Phi) is 6.41. The van der Waals surface area contributed by atoms with Crippen LogP contribution < -0.4 is 15.0 Å². The van der Waals surface area contributed by atoms with E-state index in [-0.39, 0.29) is 12.2 Å². The summed E-state index contributed by atoms with van der Waals surface area (Å²) in [5, 5.41) is 2.24. The molecule has 2 aromatic carbocycles. The van der Waals surface area contributed by atoms with Crippen molar-refractivity contribution in [3.8, 4) is 5.75 Å². The number of hydrogen-bond donors (Lipinski definition) is 2. The van der Waals surface area contributed by atoms with Gasteiger partial charge in [-0.05, 0) is 36.8 Å². The molecule has 0 bridgehead atoms. The topological polar surface area (TPSA) is 42.8 Å². The number of likely N-dealkylation sites (N-methyl/N-ethyl adjacent to an activating group) is 1. The average Bonchev–Trinajstić information content (AvgIpc) is 2.55. The molecule has 0 spiro atoms. The predicted molar refractivity (Wildman–Crippen MR) is 88.2 cm³/mol. The number of aryl methyl sites for hydroxylation is 1. The van der Waals surface area contributed by atoms with Crippen molar-refractivity contribution in [3.05, 3.63) is 59.4 Å². The average molecular weight is 353 g/mol. The summed E-state index contributed by atoms with van der Waals surface area (Å²) in [6, 6.07) is 9.37. The van der Waals surface area contributed by atoms with Crippen LogP contribution in [-0.4, -0.2) is 32.7 Å². The highest BCUT2D eigenvalue weighted by molar-refractivity contribution is 5.91. The van der Waals surface area contributed by atoms with Gasteiger partial charge in [0.15, 0.2) is 24.0 Å². The summed E-state index contributed by atoms with van der Waals surface area (Å²) in [6.07, 6.45) is 0. The van der Waals surface area contributed by atoms with Crippen LogP contribution in [0.1, 0.15) is 5.56 Å². The maximum atomic E-state index is 13.5. The van der Waals surface area contributed by atoms with E-state index in [1.807, 2.05) is 31.2 Å². The van der Waals surface area contributed by atoms with Gasteiger partial charge in [-0.3, -0.25) is 4.79 Å². The third-order valence-corrected chi connectivity index (χ3v) is 3.56. The second kappa shape index (κ2) is 8.53. The molecule has 0 fully saturated rings. The minimum absolute atomic E-state index is 0.0373. The Hall–Kier alpha value is -2.54. The van der Waals surface area contributed by atoms with Crippen LogP contribution in [0.25, 0.3) is 0 Å². The Morgan fingerprint density at radius 3 is 2.64 bits per heavy atom. The number of amides is 1. The smallest absolute Gasteiger partial charge is 0.279 e. The van der Waals surface area contributed by atoms with E-state index in [1.54, 1.807) is 7.05 Å². The lowest BCUT2D eigenvalue weighted by molar-refractivity contribution is -0.871. The van der Waals surface area contributed by atoms with Gasteiger partial charge in [0.1, 0.15) is 18.9 Å². The van der Waals surface area contributed by atoms with Crippen LogP contribution in [0, 0.1) is 24.4 Å². The maximum absolute atomic E-state index is 13.5. The summed E-state index contributed by atoms with van der Waals surface area (Å²) < 4.78 is 45.1. The monoisotopic (exact) mass is 353 g/mol. The van der Waals surface area contributed by atoms with Crippen molar-refractivity contribution in [2.45, 2.75) is 6.92 Å². The van der Waals surface area contributed by atoms with Gasteiger partial charge in [0.05, 0.1) is 12.7 Å². The number of rotatable bonds is 7. The molecule has 2 rings (SSSR count). The van der Waals surface area contributed by atoms with Crippen molar-refractivity contribution in [2.75, 3.05) is 32.1 Å². The number of carbonyl (C=O) groups excluding carboxylic acids is 1. The molecule has 7 heteroatoms. The third kappa shape index (κ3) is 5.49. The molecule has 1 amide bonds. The minimum Gasteiger partial charge on any atom is -0.488 e. The fourth-order valence-corrected chi connectivity index (χ4v) is 2.23. The molecule has 0 aliphatic heterocycles. The number of hydrogen-bond acceptors (Lipinski definition) is 2. The summed E-state index contributed by atoms with van der Waals surface area (Å²) in [7, 11) is 1.78. The van der Waals surface area contributed by atoms with Gasteiger partial charge < -0.3 is 15.0 Å².